The molecular weight excluding hydrogens is 252 g/mol. The van der Waals surface area contributed by atoms with E-state index < -0.39 is 0 Å². The lowest BCUT2D eigenvalue weighted by Crippen LogP contribution is -2.45. The van der Waals surface area contributed by atoms with Crippen LogP contribution in [0, 0.1) is 11.3 Å². The first-order chi connectivity index (χ1) is 9.22. The summed E-state index contributed by atoms with van der Waals surface area (Å²) in [6.07, 6.45) is 1.98. The van der Waals surface area contributed by atoms with Crippen molar-refractivity contribution in [3.63, 3.8) is 0 Å². The number of hydrogen-bond acceptors (Lipinski definition) is 3. The van der Waals surface area contributed by atoms with E-state index in [2.05, 4.69) is 33.0 Å². The maximum absolute atomic E-state index is 12.4. The number of imide groups is 1. The molecule has 1 saturated heterocycles. The first-order valence-electron chi connectivity index (χ1n) is 7.81. The molecule has 1 N–H and O–H groups in total. The lowest BCUT2D eigenvalue weighted by Gasteiger charge is -2.28. The highest BCUT2D eigenvalue weighted by Gasteiger charge is 2.41. The van der Waals surface area contributed by atoms with Gasteiger partial charge in [0.15, 0.2) is 0 Å². The van der Waals surface area contributed by atoms with Crippen molar-refractivity contribution in [2.75, 3.05) is 6.54 Å². The van der Waals surface area contributed by atoms with Crippen molar-refractivity contribution in [2.45, 2.75) is 72.9 Å². The largest absolute Gasteiger partial charge is 0.305 e. The summed E-state index contributed by atoms with van der Waals surface area (Å²) in [4.78, 5) is 25.9. The second-order valence-corrected chi connectivity index (χ2v) is 7.00. The van der Waals surface area contributed by atoms with Gasteiger partial charge in [-0.2, -0.15) is 0 Å². The van der Waals surface area contributed by atoms with Crippen molar-refractivity contribution in [2.24, 2.45) is 11.3 Å². The van der Waals surface area contributed by atoms with Gasteiger partial charge in [-0.1, -0.05) is 41.5 Å². The van der Waals surface area contributed by atoms with Crippen LogP contribution < -0.4 is 5.32 Å². The van der Waals surface area contributed by atoms with E-state index in [1.54, 1.807) is 0 Å². The number of nitrogens with zero attached hydrogens (tertiary/aromatic N) is 1. The van der Waals surface area contributed by atoms with E-state index in [4.69, 9.17) is 0 Å². The van der Waals surface area contributed by atoms with Crippen LogP contribution in [0.25, 0.3) is 0 Å². The van der Waals surface area contributed by atoms with E-state index in [0.717, 1.165) is 19.4 Å². The van der Waals surface area contributed by atoms with E-state index in [1.165, 1.54) is 4.90 Å². The van der Waals surface area contributed by atoms with Crippen LogP contribution in [0.4, 0.5) is 0 Å². The van der Waals surface area contributed by atoms with E-state index in [9.17, 15) is 9.59 Å². The smallest absolute Gasteiger partial charge is 0.247 e. The zero-order valence-electron chi connectivity index (χ0n) is 13.8. The van der Waals surface area contributed by atoms with E-state index in [0.29, 0.717) is 12.3 Å². The maximum atomic E-state index is 12.4. The number of nitrogens with one attached hydrogen (secondary N) is 1. The Labute approximate surface area is 123 Å². The number of carbonyl (C=O) groups is 2. The minimum absolute atomic E-state index is 0.0235. The number of rotatable bonds is 6. The second-order valence-electron chi connectivity index (χ2n) is 7.00. The zero-order valence-corrected chi connectivity index (χ0v) is 13.8. The highest BCUT2D eigenvalue weighted by Crippen LogP contribution is 2.25. The first kappa shape index (κ1) is 17.2. The number of carbonyl (C=O) groups excluding carboxylic acids is 2. The van der Waals surface area contributed by atoms with Crippen LogP contribution in [0.2, 0.25) is 0 Å². The predicted octanol–water partition coefficient (Wildman–Crippen LogP) is 2.57. The number of hydrogen-bond donors (Lipinski definition) is 1. The lowest BCUT2D eigenvalue weighted by molar-refractivity contribution is -0.141. The quantitative estimate of drug-likeness (QED) is 0.762. The van der Waals surface area contributed by atoms with Gasteiger partial charge in [0.25, 0.3) is 0 Å². The van der Waals surface area contributed by atoms with Gasteiger partial charge in [0.05, 0.1) is 12.5 Å². The third kappa shape index (κ3) is 3.81. The molecule has 4 heteroatoms. The molecule has 1 heterocycles. The molecular formula is C16H30N2O2. The minimum atomic E-state index is -0.326. The molecule has 0 saturated carbocycles. The molecule has 2 amide bonds. The van der Waals surface area contributed by atoms with Gasteiger partial charge < -0.3 is 5.32 Å². The molecule has 0 spiro atoms. The molecule has 0 aromatic rings. The average Bonchev–Trinajstić information content (AvgIpc) is 2.64. The first-order valence-corrected chi connectivity index (χ1v) is 7.81. The molecule has 0 aliphatic carbocycles. The summed E-state index contributed by atoms with van der Waals surface area (Å²) in [5, 5.41) is 3.29. The number of amides is 2. The van der Waals surface area contributed by atoms with Gasteiger partial charge in [-0.3, -0.25) is 14.5 Å². The van der Waals surface area contributed by atoms with Crippen LogP contribution >= 0.6 is 0 Å². The van der Waals surface area contributed by atoms with Crippen molar-refractivity contribution in [3.05, 3.63) is 0 Å². The third-order valence-corrected chi connectivity index (χ3v) is 4.64. The molecule has 0 aromatic heterocycles. The van der Waals surface area contributed by atoms with Crippen LogP contribution in [0.1, 0.15) is 60.8 Å². The molecule has 1 rings (SSSR count). The van der Waals surface area contributed by atoms with Crippen LogP contribution in [0.3, 0.4) is 0 Å². The molecule has 1 fully saturated rings. The summed E-state index contributed by atoms with van der Waals surface area (Å²) >= 11 is 0. The van der Waals surface area contributed by atoms with Crippen molar-refractivity contribution in [3.8, 4) is 0 Å². The van der Waals surface area contributed by atoms with Crippen molar-refractivity contribution < 1.29 is 9.59 Å². The minimum Gasteiger partial charge on any atom is -0.305 e. The summed E-state index contributed by atoms with van der Waals surface area (Å²) in [7, 11) is 0. The fraction of sp³-hybridized carbons (Fsp3) is 0.875. The van der Waals surface area contributed by atoms with Gasteiger partial charge >= 0.3 is 0 Å². The molecule has 0 radical (unpaired) electrons. The fourth-order valence-electron chi connectivity index (χ4n) is 2.47. The maximum Gasteiger partial charge on any atom is 0.247 e. The van der Waals surface area contributed by atoms with Crippen LogP contribution in [0.5, 0.6) is 0 Å². The van der Waals surface area contributed by atoms with E-state index in [-0.39, 0.29) is 29.3 Å². The summed E-state index contributed by atoms with van der Waals surface area (Å²) in [6, 6.07) is -0.269. The van der Waals surface area contributed by atoms with Gasteiger partial charge in [0.2, 0.25) is 11.8 Å². The van der Waals surface area contributed by atoms with Crippen molar-refractivity contribution in [1.82, 2.24) is 10.2 Å². The van der Waals surface area contributed by atoms with Gasteiger partial charge in [0, 0.05) is 6.04 Å². The van der Waals surface area contributed by atoms with Crippen molar-refractivity contribution >= 4 is 11.8 Å². The molecule has 0 bridgehead atoms. The summed E-state index contributed by atoms with van der Waals surface area (Å²) < 4.78 is 0. The number of likely N-dealkylation sites (tertiary alicyclic amines) is 1. The molecule has 1 aliphatic heterocycles. The van der Waals surface area contributed by atoms with E-state index in [1.807, 2.05) is 13.8 Å². The Morgan fingerprint density at radius 2 is 1.80 bits per heavy atom. The Kier molecular flexibility index (Phi) is 5.75. The molecule has 20 heavy (non-hydrogen) atoms. The zero-order chi connectivity index (χ0) is 15.5. The highest BCUT2D eigenvalue weighted by molar-refractivity contribution is 6.05. The Morgan fingerprint density at radius 3 is 2.25 bits per heavy atom. The Morgan fingerprint density at radius 1 is 1.25 bits per heavy atom. The van der Waals surface area contributed by atoms with Crippen LogP contribution in [-0.2, 0) is 9.59 Å². The Bertz CT molecular complexity index is 356. The highest BCUT2D eigenvalue weighted by atomic mass is 16.2. The predicted molar refractivity (Wildman–Crippen MR) is 81.2 cm³/mol. The van der Waals surface area contributed by atoms with Gasteiger partial charge in [0.1, 0.15) is 0 Å². The standard InChI is InChI=1S/C16H30N2O2/c1-7-12(8-2)18-14(19)9-13(15(18)20)17-10-11(3)16(4,5)6/h11-13,17H,7-10H2,1-6H3. The van der Waals surface area contributed by atoms with Crippen molar-refractivity contribution in [1.29, 1.82) is 0 Å². The average molecular weight is 282 g/mol. The third-order valence-electron chi connectivity index (χ3n) is 4.64. The summed E-state index contributed by atoms with van der Waals surface area (Å²) in [6.45, 7) is 13.6. The lowest BCUT2D eigenvalue weighted by atomic mass is 9.82. The summed E-state index contributed by atoms with van der Waals surface area (Å²) in [5.74, 6) is 0.391. The molecule has 2 atom stereocenters. The molecule has 116 valence electrons. The normalized spacial score (nSPS) is 21.9. The molecule has 2 unspecified atom stereocenters. The monoisotopic (exact) mass is 282 g/mol. The van der Waals surface area contributed by atoms with Crippen LogP contribution in [-0.4, -0.2) is 35.3 Å². The second kappa shape index (κ2) is 6.70. The van der Waals surface area contributed by atoms with E-state index >= 15 is 0 Å². The topological polar surface area (TPSA) is 49.4 Å². The Hall–Kier alpha value is -0.900. The van der Waals surface area contributed by atoms with Gasteiger partial charge in [-0.15, -0.1) is 0 Å². The molecule has 0 aromatic carbocycles. The van der Waals surface area contributed by atoms with Gasteiger partial charge in [-0.05, 0) is 30.7 Å². The Balaban J connectivity index is 2.63. The SMILES string of the molecule is CCC(CC)N1C(=O)CC(NCC(C)C(C)(C)C)C1=O. The summed E-state index contributed by atoms with van der Waals surface area (Å²) in [5.41, 5.74) is 0.202. The molecule has 4 nitrogen and oxygen atoms in total. The van der Waals surface area contributed by atoms with Gasteiger partial charge in [-0.25, -0.2) is 0 Å². The van der Waals surface area contributed by atoms with Crippen LogP contribution in [0.15, 0.2) is 0 Å². The fourth-order valence-corrected chi connectivity index (χ4v) is 2.47. The molecule has 1 aliphatic rings.